The van der Waals surface area contributed by atoms with Crippen molar-refractivity contribution in [3.8, 4) is 0 Å². The van der Waals surface area contributed by atoms with Crippen molar-refractivity contribution in [1.82, 2.24) is 0 Å². The summed E-state index contributed by atoms with van der Waals surface area (Å²) in [6.45, 7) is 4.32. The molecule has 0 aromatic carbocycles. The summed E-state index contributed by atoms with van der Waals surface area (Å²) in [5, 5.41) is 52.4. The van der Waals surface area contributed by atoms with Crippen molar-refractivity contribution >= 4 is 17.9 Å². The fourth-order valence-electron chi connectivity index (χ4n) is 7.60. The number of furan rings is 1. The van der Waals surface area contributed by atoms with Crippen LogP contribution in [0.15, 0.2) is 34.7 Å². The van der Waals surface area contributed by atoms with Crippen molar-refractivity contribution < 1.29 is 68.0 Å². The highest BCUT2D eigenvalue weighted by Crippen LogP contribution is 2.65. The van der Waals surface area contributed by atoms with Crippen LogP contribution in [-0.4, -0.2) is 106 Å². The summed E-state index contributed by atoms with van der Waals surface area (Å²) in [7, 11) is 1.21. The molecular formula is C30H40O14. The van der Waals surface area contributed by atoms with Gasteiger partial charge in [-0.05, 0) is 49.7 Å². The van der Waals surface area contributed by atoms with E-state index in [4.69, 9.17) is 28.1 Å². The van der Waals surface area contributed by atoms with Crippen LogP contribution < -0.4 is 0 Å². The average molecular weight is 625 g/mol. The molecule has 14 heteroatoms. The van der Waals surface area contributed by atoms with E-state index in [1.807, 2.05) is 6.92 Å². The molecule has 3 heterocycles. The number of cyclic esters (lactones) is 1. The summed E-state index contributed by atoms with van der Waals surface area (Å²) < 4.78 is 33.2. The molecule has 13 atom stereocenters. The number of methoxy groups -OCH3 is 1. The zero-order valence-corrected chi connectivity index (χ0v) is 24.9. The molecule has 4 aliphatic rings. The van der Waals surface area contributed by atoms with Crippen molar-refractivity contribution in [1.29, 1.82) is 0 Å². The Bertz CT molecular complexity index is 1260. The maximum atomic E-state index is 13.6. The quantitative estimate of drug-likeness (QED) is 0.198. The SMILES string of the molecule is COC(=O)C1=C[C@H](O)C[C@H]2[C@]3(C)C[C@@H](c4ccoc4)OC(=O)[C@H]3C[C@H](O[C@@H]3O[C@H](COC(=O)C(C)O)[C@@H](O)[C@H](O)[C@H]3O)[C@@]12C. The fourth-order valence-corrected chi connectivity index (χ4v) is 7.60. The molecule has 0 amide bonds. The lowest BCUT2D eigenvalue weighted by atomic mass is 9.44. The Balaban J connectivity index is 1.50. The predicted molar refractivity (Wildman–Crippen MR) is 145 cm³/mol. The summed E-state index contributed by atoms with van der Waals surface area (Å²) in [6, 6.07) is 1.71. The number of esters is 3. The van der Waals surface area contributed by atoms with Crippen LogP contribution in [-0.2, 0) is 38.1 Å². The number of carbonyl (C=O) groups is 3. The van der Waals surface area contributed by atoms with Crippen LogP contribution in [0, 0.1) is 22.7 Å². The van der Waals surface area contributed by atoms with E-state index >= 15 is 0 Å². The molecular weight excluding hydrogens is 584 g/mol. The van der Waals surface area contributed by atoms with E-state index in [9.17, 15) is 39.9 Å². The number of carbonyl (C=O) groups excluding carboxylic acids is 3. The number of fused-ring (bicyclic) bond motifs is 3. The second-order valence-electron chi connectivity index (χ2n) is 12.6. The molecule has 0 spiro atoms. The summed E-state index contributed by atoms with van der Waals surface area (Å²) >= 11 is 0. The lowest BCUT2D eigenvalue weighted by Gasteiger charge is -2.62. The van der Waals surface area contributed by atoms with Crippen LogP contribution in [0.25, 0.3) is 0 Å². The van der Waals surface area contributed by atoms with Crippen LogP contribution in [0.3, 0.4) is 0 Å². The molecule has 2 saturated heterocycles. The van der Waals surface area contributed by atoms with Crippen LogP contribution in [0.1, 0.15) is 51.7 Å². The van der Waals surface area contributed by atoms with Gasteiger partial charge in [0.05, 0.1) is 37.8 Å². The molecule has 2 aliphatic carbocycles. The maximum absolute atomic E-state index is 13.6. The van der Waals surface area contributed by atoms with Crippen LogP contribution in [0.5, 0.6) is 0 Å². The monoisotopic (exact) mass is 624 g/mol. The van der Waals surface area contributed by atoms with Gasteiger partial charge in [0.2, 0.25) is 0 Å². The summed E-state index contributed by atoms with van der Waals surface area (Å²) in [5.74, 6) is -3.50. The molecule has 1 saturated carbocycles. The van der Waals surface area contributed by atoms with E-state index in [-0.39, 0.29) is 18.4 Å². The smallest absolute Gasteiger partial charge is 0.334 e. The molecule has 0 bridgehead atoms. The molecule has 3 fully saturated rings. The van der Waals surface area contributed by atoms with Gasteiger partial charge < -0.3 is 53.6 Å². The summed E-state index contributed by atoms with van der Waals surface area (Å²) in [4.78, 5) is 38.7. The van der Waals surface area contributed by atoms with Crippen molar-refractivity contribution in [2.24, 2.45) is 22.7 Å². The lowest BCUT2D eigenvalue weighted by molar-refractivity contribution is -0.330. The minimum Gasteiger partial charge on any atom is -0.472 e. The standard InChI is InChI=1S/C30H40O14/c1-13(31)25(36)41-12-19-22(33)23(34)24(35)28(43-19)44-21-9-16-27(38)42-18(14-5-6-40-11-14)10-29(16,2)20-8-15(32)7-17(26(37)39-4)30(20,21)3/h5-7,11,13,15-16,18-24,28,31-35H,8-10,12H2,1-4H3/t13?,15-,16+,18-,19+,20-,21-,22+,23-,24+,28-,29+,30-/m0/s1. The highest BCUT2D eigenvalue weighted by atomic mass is 16.7. The average Bonchev–Trinajstić information content (AvgIpc) is 3.52. The second-order valence-corrected chi connectivity index (χ2v) is 12.6. The molecule has 5 N–H and O–H groups in total. The number of aliphatic hydroxyl groups excluding tert-OH is 5. The lowest BCUT2D eigenvalue weighted by Crippen LogP contribution is -2.65. The predicted octanol–water partition coefficient (Wildman–Crippen LogP) is -0.103. The van der Waals surface area contributed by atoms with E-state index < -0.39 is 102 Å². The first-order chi connectivity index (χ1) is 20.7. The minimum atomic E-state index is -1.78. The van der Waals surface area contributed by atoms with E-state index in [1.54, 1.807) is 13.0 Å². The largest absolute Gasteiger partial charge is 0.472 e. The molecule has 44 heavy (non-hydrogen) atoms. The minimum absolute atomic E-state index is 0.0117. The van der Waals surface area contributed by atoms with Gasteiger partial charge in [-0.1, -0.05) is 13.8 Å². The number of hydrogen-bond acceptors (Lipinski definition) is 14. The van der Waals surface area contributed by atoms with Gasteiger partial charge in [-0.15, -0.1) is 0 Å². The highest BCUT2D eigenvalue weighted by Gasteiger charge is 2.67. The van der Waals surface area contributed by atoms with Gasteiger partial charge >= 0.3 is 17.9 Å². The Labute approximate surface area is 253 Å². The van der Waals surface area contributed by atoms with Crippen molar-refractivity contribution in [3.05, 3.63) is 35.8 Å². The first-order valence-electron chi connectivity index (χ1n) is 14.6. The Hall–Kier alpha value is -2.85. The third kappa shape index (κ3) is 5.46. The highest BCUT2D eigenvalue weighted by molar-refractivity contribution is 5.91. The summed E-state index contributed by atoms with van der Waals surface area (Å²) in [5.41, 5.74) is -1.21. The number of aliphatic hydroxyl groups is 5. The van der Waals surface area contributed by atoms with E-state index in [1.165, 1.54) is 32.6 Å². The van der Waals surface area contributed by atoms with Crippen LogP contribution in [0.2, 0.25) is 0 Å². The Morgan fingerprint density at radius 2 is 1.84 bits per heavy atom. The molecule has 1 unspecified atom stereocenters. The van der Waals surface area contributed by atoms with Crippen molar-refractivity contribution in [3.63, 3.8) is 0 Å². The second kappa shape index (κ2) is 12.2. The first-order valence-corrected chi connectivity index (χ1v) is 14.6. The Kier molecular flexibility index (Phi) is 8.99. The normalized spacial score (nSPS) is 42.7. The third-order valence-electron chi connectivity index (χ3n) is 10.0. The van der Waals surface area contributed by atoms with E-state index in [2.05, 4.69) is 0 Å². The Morgan fingerprint density at radius 1 is 1.11 bits per heavy atom. The summed E-state index contributed by atoms with van der Waals surface area (Å²) in [6.07, 6.45) is -7.36. The number of rotatable bonds is 7. The van der Waals surface area contributed by atoms with Crippen LogP contribution >= 0.6 is 0 Å². The van der Waals surface area contributed by atoms with Gasteiger partial charge in [-0.2, -0.15) is 0 Å². The Morgan fingerprint density at radius 3 is 2.48 bits per heavy atom. The maximum Gasteiger partial charge on any atom is 0.334 e. The van der Waals surface area contributed by atoms with Gasteiger partial charge in [0, 0.05) is 16.6 Å². The van der Waals surface area contributed by atoms with Gasteiger partial charge in [-0.3, -0.25) is 4.79 Å². The number of ether oxygens (including phenoxy) is 5. The third-order valence-corrected chi connectivity index (χ3v) is 10.0. The topological polar surface area (TPSA) is 212 Å². The molecule has 244 valence electrons. The zero-order chi connectivity index (χ0) is 32.1. The molecule has 5 rings (SSSR count). The van der Waals surface area contributed by atoms with Crippen molar-refractivity contribution in [2.75, 3.05) is 13.7 Å². The van der Waals surface area contributed by atoms with Crippen LogP contribution in [0.4, 0.5) is 0 Å². The van der Waals surface area contributed by atoms with Gasteiger partial charge in [0.15, 0.2) is 6.29 Å². The van der Waals surface area contributed by atoms with Gasteiger partial charge in [0.1, 0.15) is 43.2 Å². The van der Waals surface area contributed by atoms with Gasteiger partial charge in [0.25, 0.3) is 0 Å². The zero-order valence-electron chi connectivity index (χ0n) is 24.9. The first kappa shape index (κ1) is 32.5. The molecule has 1 aromatic rings. The van der Waals surface area contributed by atoms with Crippen molar-refractivity contribution in [2.45, 2.75) is 95.2 Å². The van der Waals surface area contributed by atoms with E-state index in [0.717, 1.165) is 0 Å². The molecule has 0 radical (unpaired) electrons. The number of hydrogen-bond donors (Lipinski definition) is 5. The van der Waals surface area contributed by atoms with Gasteiger partial charge in [-0.25, -0.2) is 9.59 Å². The molecule has 14 nitrogen and oxygen atoms in total. The molecule has 1 aromatic heterocycles. The molecule has 2 aliphatic heterocycles. The van der Waals surface area contributed by atoms with E-state index in [0.29, 0.717) is 12.0 Å². The fraction of sp³-hybridized carbons (Fsp3) is 0.700.